The summed E-state index contributed by atoms with van der Waals surface area (Å²) in [5, 5.41) is 6.33. The van der Waals surface area contributed by atoms with Gasteiger partial charge >= 0.3 is 0 Å². The van der Waals surface area contributed by atoms with Crippen molar-refractivity contribution in [1.29, 1.82) is 0 Å². The Balaban J connectivity index is 0.00000400. The summed E-state index contributed by atoms with van der Waals surface area (Å²) in [4.78, 5) is 12.2. The molecule has 0 aliphatic rings. The molecule has 120 valence electrons. The van der Waals surface area contributed by atoms with Gasteiger partial charge in [-0.3, -0.25) is 4.79 Å². The molecule has 5 heteroatoms. The van der Waals surface area contributed by atoms with E-state index in [0.29, 0.717) is 12.6 Å². The molecule has 1 rings (SSSR count). The number of carbonyl (C=O) groups is 1. The van der Waals surface area contributed by atoms with Gasteiger partial charge in [0.25, 0.3) is 0 Å². The molecule has 2 atom stereocenters. The van der Waals surface area contributed by atoms with Crippen LogP contribution < -0.4 is 10.6 Å². The Morgan fingerprint density at radius 2 is 2.05 bits per heavy atom. The van der Waals surface area contributed by atoms with Crippen molar-refractivity contribution in [3.05, 3.63) is 34.3 Å². The van der Waals surface area contributed by atoms with Crippen LogP contribution in [0.4, 0.5) is 0 Å². The number of likely N-dealkylation sites (N-methyl/N-ethyl adjacent to an activating group) is 1. The van der Waals surface area contributed by atoms with Crippen molar-refractivity contribution in [3.63, 3.8) is 0 Å². The first-order chi connectivity index (χ1) is 9.56. The summed E-state index contributed by atoms with van der Waals surface area (Å²) in [6.45, 7) is 7.82. The zero-order valence-corrected chi connectivity index (χ0v) is 15.4. The minimum absolute atomic E-state index is 0. The third-order valence-corrected chi connectivity index (χ3v) is 3.86. The largest absolute Gasteiger partial charge is 0.354 e. The molecule has 2 N–H and O–H groups in total. The smallest absolute Gasteiger partial charge is 0.223 e. The Labute approximate surface area is 142 Å². The van der Waals surface area contributed by atoms with Crippen molar-refractivity contribution in [3.8, 4) is 0 Å². The summed E-state index contributed by atoms with van der Waals surface area (Å²) in [6.07, 6.45) is 1.64. The molecule has 0 bridgehead atoms. The molecule has 0 heterocycles. The van der Waals surface area contributed by atoms with E-state index >= 15 is 0 Å². The van der Waals surface area contributed by atoms with Crippen LogP contribution in [0.2, 0.25) is 0 Å². The maximum Gasteiger partial charge on any atom is 0.223 e. The van der Waals surface area contributed by atoms with Gasteiger partial charge in [0.2, 0.25) is 5.91 Å². The first kappa shape index (κ1) is 20.4. The van der Waals surface area contributed by atoms with Crippen LogP contribution in [0.1, 0.15) is 32.8 Å². The fourth-order valence-electron chi connectivity index (χ4n) is 2.19. The van der Waals surface area contributed by atoms with Crippen molar-refractivity contribution in [2.45, 2.75) is 39.7 Å². The van der Waals surface area contributed by atoms with Gasteiger partial charge < -0.3 is 10.6 Å². The van der Waals surface area contributed by atoms with Crippen LogP contribution in [0, 0.1) is 5.92 Å². The van der Waals surface area contributed by atoms with Crippen LogP contribution >= 0.6 is 28.3 Å². The van der Waals surface area contributed by atoms with Crippen molar-refractivity contribution in [2.24, 2.45) is 5.92 Å². The second-order valence-corrected chi connectivity index (χ2v) is 6.06. The average molecular weight is 378 g/mol. The fraction of sp³-hybridized carbons (Fsp3) is 0.562. The van der Waals surface area contributed by atoms with Gasteiger partial charge in [-0.1, -0.05) is 41.9 Å². The summed E-state index contributed by atoms with van der Waals surface area (Å²) in [6, 6.07) is 8.48. The number of hydrogen-bond acceptors (Lipinski definition) is 2. The predicted molar refractivity (Wildman–Crippen MR) is 95.0 cm³/mol. The molecule has 0 spiro atoms. The normalized spacial score (nSPS) is 13.1. The van der Waals surface area contributed by atoms with E-state index in [1.165, 1.54) is 5.56 Å². The van der Waals surface area contributed by atoms with Gasteiger partial charge in [-0.2, -0.15) is 0 Å². The molecular formula is C16H26BrClN2O. The Morgan fingerprint density at radius 3 is 2.62 bits per heavy atom. The highest BCUT2D eigenvalue weighted by Gasteiger charge is 2.17. The monoisotopic (exact) mass is 376 g/mol. The van der Waals surface area contributed by atoms with E-state index in [9.17, 15) is 4.79 Å². The van der Waals surface area contributed by atoms with Crippen molar-refractivity contribution >= 4 is 34.2 Å². The lowest BCUT2D eigenvalue weighted by molar-refractivity contribution is -0.125. The quantitative estimate of drug-likeness (QED) is 0.727. The highest BCUT2D eigenvalue weighted by atomic mass is 79.9. The van der Waals surface area contributed by atoms with Gasteiger partial charge in [-0.05, 0) is 44.0 Å². The predicted octanol–water partition coefficient (Wildman–Crippen LogP) is 3.55. The van der Waals surface area contributed by atoms with Gasteiger partial charge in [-0.25, -0.2) is 0 Å². The second kappa shape index (κ2) is 11.0. The van der Waals surface area contributed by atoms with E-state index in [0.717, 1.165) is 23.9 Å². The number of rotatable bonds is 8. The number of benzene rings is 1. The fourth-order valence-corrected chi connectivity index (χ4v) is 2.64. The number of carbonyl (C=O) groups excluding carboxylic acids is 1. The molecule has 0 radical (unpaired) electrons. The molecule has 3 nitrogen and oxygen atoms in total. The first-order valence-corrected chi connectivity index (χ1v) is 8.11. The molecule has 0 aliphatic heterocycles. The highest BCUT2D eigenvalue weighted by molar-refractivity contribution is 9.10. The Morgan fingerprint density at radius 1 is 1.33 bits per heavy atom. The van der Waals surface area contributed by atoms with Crippen LogP contribution in [-0.4, -0.2) is 25.0 Å². The average Bonchev–Trinajstić information content (AvgIpc) is 2.42. The Bertz CT molecular complexity index is 428. The topological polar surface area (TPSA) is 41.1 Å². The molecule has 0 aliphatic carbocycles. The van der Waals surface area contributed by atoms with Gasteiger partial charge in [-0.15, -0.1) is 12.4 Å². The molecule has 1 aromatic rings. The Hall–Kier alpha value is -0.580. The molecule has 0 fully saturated rings. The molecule has 1 amide bonds. The van der Waals surface area contributed by atoms with Crippen LogP contribution in [0.25, 0.3) is 0 Å². The van der Waals surface area contributed by atoms with Gasteiger partial charge in [0.15, 0.2) is 0 Å². The zero-order chi connectivity index (χ0) is 15.0. The summed E-state index contributed by atoms with van der Waals surface area (Å²) >= 11 is 3.47. The van der Waals surface area contributed by atoms with Crippen LogP contribution in [0.3, 0.4) is 0 Å². The van der Waals surface area contributed by atoms with Crippen LogP contribution in [-0.2, 0) is 11.2 Å². The van der Waals surface area contributed by atoms with E-state index in [1.54, 1.807) is 0 Å². The minimum atomic E-state index is 0. The molecule has 1 unspecified atom stereocenters. The van der Waals surface area contributed by atoms with E-state index in [4.69, 9.17) is 0 Å². The second-order valence-electron chi connectivity index (χ2n) is 5.14. The number of nitrogens with one attached hydrogen (secondary N) is 2. The van der Waals surface area contributed by atoms with Crippen LogP contribution in [0.15, 0.2) is 28.7 Å². The van der Waals surface area contributed by atoms with E-state index in [1.807, 2.05) is 12.1 Å². The SMILES string of the molecule is CCN[C@H](C)CNC(=O)C(CC)Cc1cccc(Br)c1.Cl. The van der Waals surface area contributed by atoms with Gasteiger partial charge in [0.05, 0.1) is 0 Å². The lowest BCUT2D eigenvalue weighted by Gasteiger charge is -2.18. The van der Waals surface area contributed by atoms with Crippen molar-refractivity contribution in [1.82, 2.24) is 10.6 Å². The van der Waals surface area contributed by atoms with E-state index in [2.05, 4.69) is 59.5 Å². The van der Waals surface area contributed by atoms with Crippen LogP contribution in [0.5, 0.6) is 0 Å². The number of hydrogen-bond donors (Lipinski definition) is 2. The number of amides is 1. The maximum absolute atomic E-state index is 12.2. The van der Waals surface area contributed by atoms with Crippen molar-refractivity contribution in [2.75, 3.05) is 13.1 Å². The highest BCUT2D eigenvalue weighted by Crippen LogP contribution is 2.17. The molecule has 0 saturated heterocycles. The lowest BCUT2D eigenvalue weighted by Crippen LogP contribution is -2.41. The van der Waals surface area contributed by atoms with Crippen molar-refractivity contribution < 1.29 is 4.79 Å². The number of halogens is 2. The molecule has 1 aromatic carbocycles. The Kier molecular flexibility index (Phi) is 10.7. The minimum Gasteiger partial charge on any atom is -0.354 e. The van der Waals surface area contributed by atoms with E-state index in [-0.39, 0.29) is 24.2 Å². The standard InChI is InChI=1S/C16H25BrN2O.ClH/c1-4-14(9-13-7-6-8-15(17)10-13)16(20)19-11-12(3)18-5-2;/h6-8,10,12,14,18H,4-5,9,11H2,1-3H3,(H,19,20);1H/t12-,14?;/m1./s1. The molecule has 21 heavy (non-hydrogen) atoms. The molecular weight excluding hydrogens is 352 g/mol. The molecule has 0 saturated carbocycles. The van der Waals surface area contributed by atoms with E-state index < -0.39 is 0 Å². The summed E-state index contributed by atoms with van der Waals surface area (Å²) in [5.41, 5.74) is 1.20. The van der Waals surface area contributed by atoms with Gasteiger partial charge in [0.1, 0.15) is 0 Å². The maximum atomic E-state index is 12.2. The van der Waals surface area contributed by atoms with Gasteiger partial charge in [0, 0.05) is 23.0 Å². The zero-order valence-electron chi connectivity index (χ0n) is 13.0. The first-order valence-electron chi connectivity index (χ1n) is 7.32. The third kappa shape index (κ3) is 7.84. The summed E-state index contributed by atoms with van der Waals surface area (Å²) < 4.78 is 1.06. The molecule has 0 aromatic heterocycles. The summed E-state index contributed by atoms with van der Waals surface area (Å²) in [7, 11) is 0. The third-order valence-electron chi connectivity index (χ3n) is 3.37. The lowest BCUT2D eigenvalue weighted by atomic mass is 9.96. The summed E-state index contributed by atoms with van der Waals surface area (Å²) in [5.74, 6) is 0.190.